The van der Waals surface area contributed by atoms with Crippen molar-refractivity contribution >= 4 is 55.7 Å². The van der Waals surface area contributed by atoms with Crippen molar-refractivity contribution in [3.05, 3.63) is 99.3 Å². The lowest BCUT2D eigenvalue weighted by Gasteiger charge is -2.23. The number of aromatic nitrogens is 1. The average Bonchev–Trinajstić information content (AvgIpc) is 3.33. The Morgan fingerprint density at radius 1 is 1.09 bits per heavy atom. The van der Waals surface area contributed by atoms with Gasteiger partial charge in [-0.05, 0) is 49.7 Å². The summed E-state index contributed by atoms with van der Waals surface area (Å²) in [6.45, 7) is 3.65. The van der Waals surface area contributed by atoms with E-state index in [-0.39, 0.29) is 22.0 Å². The standard InChI is InChI=1S/C26H18ClFN2O3S/c1-13-7-8-14(2)17(11-13)23(31)21-22(16-5-3-4-6-18(16)28)30(25(33)24(21)32)26-29-19-10-9-15(27)12-20(19)34-26/h3-12,22,31H,1-2H3. The van der Waals surface area contributed by atoms with Gasteiger partial charge in [0.05, 0.1) is 15.8 Å². The van der Waals surface area contributed by atoms with Gasteiger partial charge in [-0.15, -0.1) is 0 Å². The predicted molar refractivity (Wildman–Crippen MR) is 132 cm³/mol. The Morgan fingerprint density at radius 3 is 2.62 bits per heavy atom. The number of hydrogen-bond donors (Lipinski definition) is 1. The Balaban J connectivity index is 1.78. The molecule has 4 aromatic rings. The number of Topliss-reactive ketones (excluding diaryl/α,β-unsaturated/α-hetero) is 1. The van der Waals surface area contributed by atoms with Gasteiger partial charge in [-0.3, -0.25) is 14.5 Å². The lowest BCUT2D eigenvalue weighted by atomic mass is 9.93. The molecule has 1 aliphatic heterocycles. The lowest BCUT2D eigenvalue weighted by Crippen LogP contribution is -2.29. The van der Waals surface area contributed by atoms with Crippen LogP contribution in [-0.4, -0.2) is 21.8 Å². The first-order chi connectivity index (χ1) is 16.3. The maximum absolute atomic E-state index is 15.0. The summed E-state index contributed by atoms with van der Waals surface area (Å²) in [6.07, 6.45) is 0. The van der Waals surface area contributed by atoms with E-state index < -0.39 is 23.5 Å². The lowest BCUT2D eigenvalue weighted by molar-refractivity contribution is -0.132. The number of aliphatic hydroxyl groups is 1. The molecule has 0 radical (unpaired) electrons. The van der Waals surface area contributed by atoms with E-state index in [0.717, 1.165) is 27.4 Å². The molecule has 0 aliphatic carbocycles. The molecule has 5 rings (SSSR count). The van der Waals surface area contributed by atoms with Crippen molar-refractivity contribution in [3.63, 3.8) is 0 Å². The van der Waals surface area contributed by atoms with Crippen LogP contribution < -0.4 is 4.90 Å². The van der Waals surface area contributed by atoms with Crippen LogP contribution in [0, 0.1) is 19.7 Å². The number of benzene rings is 3. The van der Waals surface area contributed by atoms with Gasteiger partial charge < -0.3 is 5.11 Å². The summed E-state index contributed by atoms with van der Waals surface area (Å²) in [5.74, 6) is -2.73. The Bertz CT molecular complexity index is 1530. The first-order valence-electron chi connectivity index (χ1n) is 10.5. The van der Waals surface area contributed by atoms with E-state index in [1.54, 1.807) is 37.3 Å². The molecule has 5 nitrogen and oxygen atoms in total. The molecule has 2 heterocycles. The minimum absolute atomic E-state index is 0.0887. The van der Waals surface area contributed by atoms with Crippen LogP contribution in [0.1, 0.15) is 28.3 Å². The van der Waals surface area contributed by atoms with Crippen molar-refractivity contribution in [2.75, 3.05) is 4.90 Å². The molecule has 170 valence electrons. The van der Waals surface area contributed by atoms with E-state index in [2.05, 4.69) is 4.98 Å². The van der Waals surface area contributed by atoms with Crippen LogP contribution in [0.3, 0.4) is 0 Å². The molecular formula is C26H18ClFN2O3S. The smallest absolute Gasteiger partial charge is 0.301 e. The van der Waals surface area contributed by atoms with Crippen LogP contribution in [0.15, 0.2) is 66.2 Å². The Hall–Kier alpha value is -3.55. The van der Waals surface area contributed by atoms with Gasteiger partial charge in [0.2, 0.25) is 0 Å². The fraction of sp³-hybridized carbons (Fsp3) is 0.115. The first kappa shape index (κ1) is 22.3. The van der Waals surface area contributed by atoms with Crippen LogP contribution in [0.25, 0.3) is 16.0 Å². The van der Waals surface area contributed by atoms with Crippen LogP contribution >= 0.6 is 22.9 Å². The Morgan fingerprint density at radius 2 is 1.85 bits per heavy atom. The number of rotatable bonds is 3. The highest BCUT2D eigenvalue weighted by atomic mass is 35.5. The molecule has 8 heteroatoms. The predicted octanol–water partition coefficient (Wildman–Crippen LogP) is 6.33. The maximum Gasteiger partial charge on any atom is 0.301 e. The summed E-state index contributed by atoms with van der Waals surface area (Å²) >= 11 is 7.26. The minimum atomic E-state index is -1.18. The molecule has 1 amide bonds. The van der Waals surface area contributed by atoms with Crippen LogP contribution in [-0.2, 0) is 9.59 Å². The second kappa shape index (κ2) is 8.34. The van der Waals surface area contributed by atoms with Gasteiger partial charge in [-0.2, -0.15) is 0 Å². The number of fused-ring (bicyclic) bond motifs is 1. The van der Waals surface area contributed by atoms with Gasteiger partial charge in [0.15, 0.2) is 5.13 Å². The molecule has 1 aliphatic rings. The highest BCUT2D eigenvalue weighted by molar-refractivity contribution is 7.22. The number of thiazole rings is 1. The van der Waals surface area contributed by atoms with Crippen molar-refractivity contribution in [1.82, 2.24) is 4.98 Å². The highest BCUT2D eigenvalue weighted by Crippen LogP contribution is 2.45. The summed E-state index contributed by atoms with van der Waals surface area (Å²) in [5.41, 5.74) is 2.50. The van der Waals surface area contributed by atoms with Crippen molar-refractivity contribution < 1.29 is 19.1 Å². The van der Waals surface area contributed by atoms with Crippen LogP contribution in [0.4, 0.5) is 9.52 Å². The summed E-state index contributed by atoms with van der Waals surface area (Å²) in [7, 11) is 0. The van der Waals surface area contributed by atoms with E-state index in [1.165, 1.54) is 18.2 Å². The second-order valence-electron chi connectivity index (χ2n) is 8.12. The van der Waals surface area contributed by atoms with Crippen LogP contribution in [0.5, 0.6) is 0 Å². The number of carbonyl (C=O) groups is 2. The van der Waals surface area contributed by atoms with Gasteiger partial charge in [-0.1, -0.05) is 58.8 Å². The van der Waals surface area contributed by atoms with Crippen molar-refractivity contribution in [2.24, 2.45) is 0 Å². The van der Waals surface area contributed by atoms with E-state index >= 15 is 4.39 Å². The van der Waals surface area contributed by atoms with Crippen molar-refractivity contribution in [2.45, 2.75) is 19.9 Å². The fourth-order valence-electron chi connectivity index (χ4n) is 4.15. The fourth-order valence-corrected chi connectivity index (χ4v) is 5.41. The zero-order chi connectivity index (χ0) is 24.1. The zero-order valence-electron chi connectivity index (χ0n) is 18.2. The van der Waals surface area contributed by atoms with E-state index in [4.69, 9.17) is 11.6 Å². The van der Waals surface area contributed by atoms with Gasteiger partial charge in [0.1, 0.15) is 17.6 Å². The van der Waals surface area contributed by atoms with Crippen molar-refractivity contribution in [3.8, 4) is 0 Å². The molecule has 0 saturated carbocycles. The number of nitrogens with zero attached hydrogens (tertiary/aromatic N) is 2. The number of aliphatic hydroxyl groups excluding tert-OH is 1. The third kappa shape index (κ3) is 3.57. The molecule has 0 bridgehead atoms. The molecule has 1 aromatic heterocycles. The number of aryl methyl sites for hydroxylation is 2. The normalized spacial score (nSPS) is 17.6. The topological polar surface area (TPSA) is 70.5 Å². The van der Waals surface area contributed by atoms with E-state index in [9.17, 15) is 14.7 Å². The molecule has 1 fully saturated rings. The molecule has 1 atom stereocenters. The summed E-state index contributed by atoms with van der Waals surface area (Å²) in [5, 5.41) is 12.0. The highest BCUT2D eigenvalue weighted by Gasteiger charge is 2.49. The van der Waals surface area contributed by atoms with Gasteiger partial charge in [0, 0.05) is 16.1 Å². The molecular weight excluding hydrogens is 475 g/mol. The summed E-state index contributed by atoms with van der Waals surface area (Å²) in [4.78, 5) is 32.3. The number of hydrogen-bond acceptors (Lipinski definition) is 5. The SMILES string of the molecule is Cc1ccc(C)c(C(O)=C2C(=O)C(=O)N(c3nc4ccc(Cl)cc4s3)C2c2ccccc2F)c1. The summed E-state index contributed by atoms with van der Waals surface area (Å²) in [6, 6.07) is 15.2. The Labute approximate surface area is 203 Å². The van der Waals surface area contributed by atoms with E-state index in [1.807, 2.05) is 19.1 Å². The molecule has 0 spiro atoms. The molecule has 1 N–H and O–H groups in total. The number of halogens is 2. The first-order valence-corrected chi connectivity index (χ1v) is 11.6. The second-order valence-corrected chi connectivity index (χ2v) is 9.56. The maximum atomic E-state index is 15.0. The number of carbonyl (C=O) groups excluding carboxylic acids is 2. The van der Waals surface area contributed by atoms with Gasteiger partial charge in [0.25, 0.3) is 5.78 Å². The third-order valence-corrected chi connectivity index (χ3v) is 7.09. The van der Waals surface area contributed by atoms with Gasteiger partial charge in [-0.25, -0.2) is 9.37 Å². The Kier molecular flexibility index (Phi) is 5.46. The molecule has 1 saturated heterocycles. The van der Waals surface area contributed by atoms with E-state index in [0.29, 0.717) is 20.8 Å². The minimum Gasteiger partial charge on any atom is -0.507 e. The number of ketones is 1. The monoisotopic (exact) mass is 492 g/mol. The zero-order valence-corrected chi connectivity index (χ0v) is 19.7. The number of anilines is 1. The quantitative estimate of drug-likeness (QED) is 0.206. The summed E-state index contributed by atoms with van der Waals surface area (Å²) < 4.78 is 15.8. The largest absolute Gasteiger partial charge is 0.507 e. The van der Waals surface area contributed by atoms with Crippen molar-refractivity contribution in [1.29, 1.82) is 0 Å². The van der Waals surface area contributed by atoms with Crippen LogP contribution in [0.2, 0.25) is 5.02 Å². The number of amides is 1. The average molecular weight is 493 g/mol. The third-order valence-electron chi connectivity index (χ3n) is 5.84. The molecule has 34 heavy (non-hydrogen) atoms. The molecule has 1 unspecified atom stereocenters. The van der Waals surface area contributed by atoms with Gasteiger partial charge >= 0.3 is 5.91 Å². The molecule has 3 aromatic carbocycles.